The second kappa shape index (κ2) is 6.10. The molecule has 3 heteroatoms. The van der Waals surface area contributed by atoms with Crippen LogP contribution in [-0.4, -0.2) is 12.4 Å². The Hall–Kier alpha value is -0.470. The lowest BCUT2D eigenvalue weighted by Crippen LogP contribution is -1.84. The fraction of sp³-hybridized carbons (Fsp3) is 0.273. The van der Waals surface area contributed by atoms with Crippen LogP contribution in [-0.2, 0) is 0 Å². The molecule has 0 N–H and O–H groups in total. The zero-order valence-corrected chi connectivity index (χ0v) is 10.3. The largest absolute Gasteiger partial charge is 0.495 e. The van der Waals surface area contributed by atoms with E-state index in [9.17, 15) is 0 Å². The second-order valence-electron chi connectivity index (χ2n) is 2.77. The molecule has 1 aromatic rings. The van der Waals surface area contributed by atoms with Crippen LogP contribution in [0.15, 0.2) is 24.3 Å². The van der Waals surface area contributed by atoms with Crippen molar-refractivity contribution in [3.63, 3.8) is 0 Å². The molecule has 0 amide bonds. The van der Waals surface area contributed by atoms with Crippen molar-refractivity contribution in [3.05, 3.63) is 34.9 Å². The van der Waals surface area contributed by atoms with Gasteiger partial charge < -0.3 is 4.74 Å². The summed E-state index contributed by atoms with van der Waals surface area (Å²) in [7, 11) is 1.62. The molecule has 0 aliphatic rings. The van der Waals surface area contributed by atoms with Gasteiger partial charge in [-0.15, -0.1) is 0 Å². The van der Waals surface area contributed by atoms with Crippen molar-refractivity contribution in [3.8, 4) is 5.75 Å². The number of rotatable bonds is 4. The molecular weight excluding hydrogens is 263 g/mol. The van der Waals surface area contributed by atoms with E-state index in [4.69, 9.17) is 16.3 Å². The van der Waals surface area contributed by atoms with Gasteiger partial charge in [-0.05, 0) is 24.1 Å². The summed E-state index contributed by atoms with van der Waals surface area (Å²) in [4.78, 5) is 0. The smallest absolute Gasteiger partial charge is 0.138 e. The number of ether oxygens (including phenoxy) is 1. The molecule has 0 aromatic heterocycles. The van der Waals surface area contributed by atoms with Gasteiger partial charge in [0, 0.05) is 5.33 Å². The molecule has 0 spiro atoms. The van der Waals surface area contributed by atoms with Crippen molar-refractivity contribution >= 4 is 33.6 Å². The molecule has 0 aliphatic carbocycles. The van der Waals surface area contributed by atoms with Gasteiger partial charge >= 0.3 is 0 Å². The first-order valence-corrected chi connectivity index (χ1v) is 5.84. The lowest BCUT2D eigenvalue weighted by atomic mass is 10.2. The van der Waals surface area contributed by atoms with Crippen molar-refractivity contribution in [2.75, 3.05) is 12.4 Å². The maximum atomic E-state index is 5.90. The van der Waals surface area contributed by atoms with Crippen LogP contribution < -0.4 is 4.74 Å². The van der Waals surface area contributed by atoms with Gasteiger partial charge in [-0.1, -0.05) is 45.7 Å². The zero-order valence-electron chi connectivity index (χ0n) is 7.97. The van der Waals surface area contributed by atoms with Crippen molar-refractivity contribution in [2.45, 2.75) is 6.42 Å². The van der Waals surface area contributed by atoms with E-state index >= 15 is 0 Å². The summed E-state index contributed by atoms with van der Waals surface area (Å²) >= 11 is 9.27. The van der Waals surface area contributed by atoms with Crippen LogP contribution in [0.4, 0.5) is 0 Å². The molecule has 0 saturated heterocycles. The zero-order chi connectivity index (χ0) is 10.4. The van der Waals surface area contributed by atoms with Gasteiger partial charge in [-0.2, -0.15) is 0 Å². The van der Waals surface area contributed by atoms with Crippen LogP contribution in [0.5, 0.6) is 5.75 Å². The van der Waals surface area contributed by atoms with E-state index in [0.29, 0.717) is 10.8 Å². The van der Waals surface area contributed by atoms with Gasteiger partial charge in [0.05, 0.1) is 12.1 Å². The van der Waals surface area contributed by atoms with Crippen LogP contribution in [0.25, 0.3) is 6.08 Å². The first-order chi connectivity index (χ1) is 6.77. The number of allylic oxidation sites excluding steroid dienone is 1. The van der Waals surface area contributed by atoms with Gasteiger partial charge in [0.2, 0.25) is 0 Å². The highest BCUT2D eigenvalue weighted by Gasteiger charge is 1.98. The van der Waals surface area contributed by atoms with Gasteiger partial charge in [0.1, 0.15) is 5.75 Å². The summed E-state index contributed by atoms with van der Waals surface area (Å²) in [5, 5.41) is 1.62. The third-order valence-corrected chi connectivity index (χ3v) is 2.53. The Morgan fingerprint density at radius 1 is 1.50 bits per heavy atom. The lowest BCUT2D eigenvalue weighted by molar-refractivity contribution is 0.415. The lowest BCUT2D eigenvalue weighted by Gasteiger charge is -2.03. The Morgan fingerprint density at radius 2 is 2.29 bits per heavy atom. The standard InChI is InChI=1S/C11H12BrClO/c1-14-11-8-9(4-2-3-7-12)5-6-10(11)13/h2,4-6,8H,3,7H2,1H3. The number of hydrogen-bond donors (Lipinski definition) is 0. The van der Waals surface area contributed by atoms with Crippen LogP contribution >= 0.6 is 27.5 Å². The number of methoxy groups -OCH3 is 1. The maximum absolute atomic E-state index is 5.90. The summed E-state index contributed by atoms with van der Waals surface area (Å²) < 4.78 is 5.12. The molecule has 0 atom stereocenters. The Labute approximate surface area is 97.9 Å². The van der Waals surface area contributed by atoms with Gasteiger partial charge in [-0.3, -0.25) is 0 Å². The number of alkyl halides is 1. The molecule has 1 nitrogen and oxygen atoms in total. The molecule has 14 heavy (non-hydrogen) atoms. The Bertz CT molecular complexity index is 323. The molecule has 0 unspecified atom stereocenters. The third kappa shape index (κ3) is 3.35. The molecule has 0 fully saturated rings. The first-order valence-electron chi connectivity index (χ1n) is 4.34. The topological polar surface area (TPSA) is 9.23 Å². The molecule has 0 aliphatic heterocycles. The average Bonchev–Trinajstić information content (AvgIpc) is 2.21. The monoisotopic (exact) mass is 274 g/mol. The van der Waals surface area contributed by atoms with Crippen LogP contribution in [0.3, 0.4) is 0 Å². The molecular formula is C11H12BrClO. The van der Waals surface area contributed by atoms with E-state index in [-0.39, 0.29) is 0 Å². The first kappa shape index (κ1) is 11.6. The number of hydrogen-bond acceptors (Lipinski definition) is 1. The van der Waals surface area contributed by atoms with Crippen LogP contribution in [0.1, 0.15) is 12.0 Å². The molecule has 0 radical (unpaired) electrons. The van der Waals surface area contributed by atoms with E-state index in [2.05, 4.69) is 28.1 Å². The second-order valence-corrected chi connectivity index (χ2v) is 3.97. The van der Waals surface area contributed by atoms with Gasteiger partial charge in [0.15, 0.2) is 0 Å². The summed E-state index contributed by atoms with van der Waals surface area (Å²) in [5.41, 5.74) is 1.10. The molecule has 1 aromatic carbocycles. The van der Waals surface area contributed by atoms with Crippen molar-refractivity contribution in [2.24, 2.45) is 0 Å². The molecule has 0 saturated carbocycles. The summed E-state index contributed by atoms with van der Waals surface area (Å²) in [6, 6.07) is 5.73. The van der Waals surface area contributed by atoms with E-state index < -0.39 is 0 Å². The van der Waals surface area contributed by atoms with Crippen LogP contribution in [0, 0.1) is 0 Å². The molecule has 76 valence electrons. The quantitative estimate of drug-likeness (QED) is 0.750. The van der Waals surface area contributed by atoms with E-state index in [1.165, 1.54) is 0 Å². The normalized spacial score (nSPS) is 10.8. The fourth-order valence-corrected chi connectivity index (χ4v) is 1.52. The average molecular weight is 276 g/mol. The highest BCUT2D eigenvalue weighted by Crippen LogP contribution is 2.25. The SMILES string of the molecule is COc1cc(C=CCCBr)ccc1Cl. The summed E-state index contributed by atoms with van der Waals surface area (Å²) in [6.07, 6.45) is 5.18. The third-order valence-electron chi connectivity index (χ3n) is 1.76. The van der Waals surface area contributed by atoms with Gasteiger partial charge in [-0.25, -0.2) is 0 Å². The number of halogens is 2. The van der Waals surface area contributed by atoms with Crippen LogP contribution in [0.2, 0.25) is 5.02 Å². The Kier molecular flexibility index (Phi) is 5.05. The number of benzene rings is 1. The van der Waals surface area contributed by atoms with E-state index in [0.717, 1.165) is 17.3 Å². The minimum absolute atomic E-state index is 0.644. The summed E-state index contributed by atoms with van der Waals surface area (Å²) in [6.45, 7) is 0. The van der Waals surface area contributed by atoms with E-state index in [1.54, 1.807) is 7.11 Å². The fourth-order valence-electron chi connectivity index (χ4n) is 1.06. The molecule has 0 bridgehead atoms. The highest BCUT2D eigenvalue weighted by molar-refractivity contribution is 9.09. The van der Waals surface area contributed by atoms with Crippen molar-refractivity contribution < 1.29 is 4.74 Å². The van der Waals surface area contributed by atoms with E-state index in [1.807, 2.05) is 18.2 Å². The van der Waals surface area contributed by atoms with Crippen molar-refractivity contribution in [1.29, 1.82) is 0 Å². The molecule has 1 rings (SSSR count). The molecule has 0 heterocycles. The maximum Gasteiger partial charge on any atom is 0.138 e. The summed E-state index contributed by atoms with van der Waals surface area (Å²) in [5.74, 6) is 0.715. The van der Waals surface area contributed by atoms with Crippen molar-refractivity contribution in [1.82, 2.24) is 0 Å². The predicted molar refractivity (Wildman–Crippen MR) is 65.4 cm³/mol. The Morgan fingerprint density at radius 3 is 2.93 bits per heavy atom. The minimum Gasteiger partial charge on any atom is -0.495 e. The minimum atomic E-state index is 0.644. The highest BCUT2D eigenvalue weighted by atomic mass is 79.9. The predicted octanol–water partition coefficient (Wildman–Crippen LogP) is 4.15. The van der Waals surface area contributed by atoms with Gasteiger partial charge in [0.25, 0.3) is 0 Å². The Balaban J connectivity index is 2.79.